The lowest BCUT2D eigenvalue weighted by Crippen LogP contribution is -2.10. The van der Waals surface area contributed by atoms with Crippen LogP contribution in [0.5, 0.6) is 23.0 Å². The molecule has 0 atom stereocenters. The summed E-state index contributed by atoms with van der Waals surface area (Å²) in [5, 5.41) is 30.0. The summed E-state index contributed by atoms with van der Waals surface area (Å²) >= 11 is 0. The highest BCUT2D eigenvalue weighted by Crippen LogP contribution is 2.45. The molecule has 0 unspecified atom stereocenters. The van der Waals surface area contributed by atoms with Crippen molar-refractivity contribution in [2.45, 2.75) is 0 Å². The number of benzene rings is 2. The zero-order valence-electron chi connectivity index (χ0n) is 13.1. The molecule has 2 aromatic rings. The normalized spacial score (nSPS) is 10.1. The standard InChI is InChI=1S/C18H16O7/c1-2-14(20)24-8-9-25-18-13(19)10-12(16(22)17(18)23)15(21)11-6-4-3-5-7-11/h2-7,10,19,22-23H,1,8-9H2. The molecule has 0 aromatic heterocycles. The number of carbonyl (C=O) groups is 2. The molecular weight excluding hydrogens is 328 g/mol. The maximum Gasteiger partial charge on any atom is 0.330 e. The number of carbonyl (C=O) groups excluding carboxylic acids is 2. The second-order valence-corrected chi connectivity index (χ2v) is 4.88. The third-order valence-corrected chi connectivity index (χ3v) is 3.23. The van der Waals surface area contributed by atoms with Crippen molar-refractivity contribution in [2.24, 2.45) is 0 Å². The molecule has 0 amide bonds. The molecule has 0 bridgehead atoms. The van der Waals surface area contributed by atoms with E-state index in [9.17, 15) is 24.9 Å². The molecule has 0 radical (unpaired) electrons. The molecular formula is C18H16O7. The summed E-state index contributed by atoms with van der Waals surface area (Å²) in [6.45, 7) is 2.88. The van der Waals surface area contributed by atoms with Crippen molar-refractivity contribution < 1.29 is 34.4 Å². The molecule has 130 valence electrons. The lowest BCUT2D eigenvalue weighted by Gasteiger charge is -2.13. The Morgan fingerprint density at radius 1 is 1.04 bits per heavy atom. The van der Waals surface area contributed by atoms with Crippen molar-refractivity contribution in [2.75, 3.05) is 13.2 Å². The number of aromatic hydroxyl groups is 3. The molecule has 25 heavy (non-hydrogen) atoms. The van der Waals surface area contributed by atoms with E-state index in [0.29, 0.717) is 0 Å². The lowest BCUT2D eigenvalue weighted by molar-refractivity contribution is -0.138. The van der Waals surface area contributed by atoms with Gasteiger partial charge in [0.1, 0.15) is 13.2 Å². The van der Waals surface area contributed by atoms with E-state index < -0.39 is 34.8 Å². The minimum absolute atomic E-state index is 0.158. The van der Waals surface area contributed by atoms with E-state index in [4.69, 9.17) is 4.74 Å². The Labute approximate surface area is 143 Å². The molecule has 2 rings (SSSR count). The van der Waals surface area contributed by atoms with E-state index in [0.717, 1.165) is 12.1 Å². The quantitative estimate of drug-likeness (QED) is 0.176. The van der Waals surface area contributed by atoms with Gasteiger partial charge in [0.25, 0.3) is 0 Å². The van der Waals surface area contributed by atoms with Crippen molar-refractivity contribution in [1.82, 2.24) is 0 Å². The molecule has 0 aliphatic carbocycles. The smallest absolute Gasteiger partial charge is 0.330 e. The first-order chi connectivity index (χ1) is 12.0. The van der Waals surface area contributed by atoms with Crippen LogP contribution in [-0.2, 0) is 9.53 Å². The largest absolute Gasteiger partial charge is 0.504 e. The van der Waals surface area contributed by atoms with E-state index in [1.807, 2.05) is 0 Å². The summed E-state index contributed by atoms with van der Waals surface area (Å²) in [5.41, 5.74) is 0.00763. The van der Waals surface area contributed by atoms with Crippen LogP contribution >= 0.6 is 0 Å². The third kappa shape index (κ3) is 4.08. The van der Waals surface area contributed by atoms with Gasteiger partial charge >= 0.3 is 5.97 Å². The predicted octanol–water partition coefficient (Wildman–Crippen LogP) is 2.14. The Kier molecular flexibility index (Phi) is 5.62. The third-order valence-electron chi connectivity index (χ3n) is 3.23. The summed E-state index contributed by atoms with van der Waals surface area (Å²) in [7, 11) is 0. The number of esters is 1. The molecule has 0 saturated heterocycles. The maximum atomic E-state index is 12.4. The lowest BCUT2D eigenvalue weighted by atomic mass is 10.0. The minimum atomic E-state index is -0.783. The van der Waals surface area contributed by atoms with Gasteiger partial charge in [0.15, 0.2) is 17.3 Å². The Hall–Kier alpha value is -3.48. The van der Waals surface area contributed by atoms with E-state index in [-0.39, 0.29) is 24.3 Å². The fourth-order valence-electron chi connectivity index (χ4n) is 2.03. The summed E-state index contributed by atoms with van der Waals surface area (Å²) in [6.07, 6.45) is 0.977. The number of hydrogen-bond acceptors (Lipinski definition) is 7. The van der Waals surface area contributed by atoms with Gasteiger partial charge in [-0.2, -0.15) is 0 Å². The first kappa shape index (κ1) is 17.9. The van der Waals surface area contributed by atoms with E-state index in [2.05, 4.69) is 11.3 Å². The van der Waals surface area contributed by atoms with Crippen LogP contribution in [0.2, 0.25) is 0 Å². The van der Waals surface area contributed by atoms with Crippen LogP contribution in [0.1, 0.15) is 15.9 Å². The monoisotopic (exact) mass is 344 g/mol. The highest BCUT2D eigenvalue weighted by atomic mass is 16.6. The van der Waals surface area contributed by atoms with Gasteiger partial charge in [0, 0.05) is 11.6 Å². The second kappa shape index (κ2) is 7.87. The minimum Gasteiger partial charge on any atom is -0.504 e. The van der Waals surface area contributed by atoms with Crippen LogP contribution in [0.25, 0.3) is 0 Å². The Balaban J connectivity index is 2.20. The van der Waals surface area contributed by atoms with E-state index in [1.54, 1.807) is 18.2 Å². The summed E-state index contributed by atoms with van der Waals surface area (Å²) in [4.78, 5) is 23.3. The first-order valence-corrected chi connectivity index (χ1v) is 7.25. The van der Waals surface area contributed by atoms with Gasteiger partial charge in [-0.15, -0.1) is 0 Å². The maximum absolute atomic E-state index is 12.4. The van der Waals surface area contributed by atoms with Gasteiger partial charge in [-0.25, -0.2) is 4.79 Å². The zero-order chi connectivity index (χ0) is 18.4. The highest BCUT2D eigenvalue weighted by molar-refractivity contribution is 6.11. The number of phenols is 3. The highest BCUT2D eigenvalue weighted by Gasteiger charge is 2.23. The second-order valence-electron chi connectivity index (χ2n) is 4.88. The van der Waals surface area contributed by atoms with Crippen LogP contribution in [0.4, 0.5) is 0 Å². The number of ketones is 1. The van der Waals surface area contributed by atoms with Gasteiger partial charge < -0.3 is 24.8 Å². The number of hydrogen-bond donors (Lipinski definition) is 3. The van der Waals surface area contributed by atoms with E-state index >= 15 is 0 Å². The molecule has 0 aliphatic heterocycles. The number of rotatable bonds is 7. The van der Waals surface area contributed by atoms with Gasteiger partial charge in [0.2, 0.25) is 11.5 Å². The SMILES string of the molecule is C=CC(=O)OCCOc1c(O)cc(C(=O)c2ccccc2)c(O)c1O. The van der Waals surface area contributed by atoms with Gasteiger partial charge in [-0.1, -0.05) is 36.9 Å². The van der Waals surface area contributed by atoms with E-state index in [1.165, 1.54) is 12.1 Å². The van der Waals surface area contributed by atoms with Crippen LogP contribution in [0.15, 0.2) is 49.1 Å². The van der Waals surface area contributed by atoms with Crippen LogP contribution in [0.3, 0.4) is 0 Å². The summed E-state index contributed by atoms with van der Waals surface area (Å²) in [6, 6.07) is 9.08. The van der Waals surface area contributed by atoms with Crippen molar-refractivity contribution in [1.29, 1.82) is 0 Å². The van der Waals surface area contributed by atoms with Crippen molar-refractivity contribution in [3.63, 3.8) is 0 Å². The van der Waals surface area contributed by atoms with Gasteiger partial charge in [0.05, 0.1) is 5.56 Å². The molecule has 7 nitrogen and oxygen atoms in total. The molecule has 2 aromatic carbocycles. The molecule has 0 heterocycles. The molecule has 0 spiro atoms. The average molecular weight is 344 g/mol. The topological polar surface area (TPSA) is 113 Å². The fraction of sp³-hybridized carbons (Fsp3) is 0.111. The van der Waals surface area contributed by atoms with Crippen LogP contribution in [0, 0.1) is 0 Å². The average Bonchev–Trinajstić information content (AvgIpc) is 2.63. The Morgan fingerprint density at radius 3 is 2.36 bits per heavy atom. The van der Waals surface area contributed by atoms with Gasteiger partial charge in [-0.3, -0.25) is 4.79 Å². The first-order valence-electron chi connectivity index (χ1n) is 7.25. The van der Waals surface area contributed by atoms with Crippen molar-refractivity contribution in [3.05, 3.63) is 60.2 Å². The molecule has 3 N–H and O–H groups in total. The Bertz CT molecular complexity index is 797. The molecule has 7 heteroatoms. The zero-order valence-corrected chi connectivity index (χ0v) is 13.1. The van der Waals surface area contributed by atoms with Crippen molar-refractivity contribution in [3.8, 4) is 23.0 Å². The summed E-state index contributed by atoms with van der Waals surface area (Å²) in [5.74, 6) is -3.68. The van der Waals surface area contributed by atoms with Gasteiger partial charge in [-0.05, 0) is 6.07 Å². The van der Waals surface area contributed by atoms with Crippen LogP contribution < -0.4 is 4.74 Å². The summed E-state index contributed by atoms with van der Waals surface area (Å²) < 4.78 is 9.78. The number of ether oxygens (including phenoxy) is 2. The number of phenolic OH excluding ortho intramolecular Hbond substituents is 3. The molecule has 0 aliphatic rings. The van der Waals surface area contributed by atoms with Crippen molar-refractivity contribution >= 4 is 11.8 Å². The predicted molar refractivity (Wildman–Crippen MR) is 88.0 cm³/mol. The van der Waals surface area contributed by atoms with Crippen LogP contribution in [-0.4, -0.2) is 40.3 Å². The Morgan fingerprint density at radius 2 is 1.72 bits per heavy atom. The molecule has 0 fully saturated rings. The fourth-order valence-corrected chi connectivity index (χ4v) is 2.03. The molecule has 0 saturated carbocycles.